The van der Waals surface area contributed by atoms with Crippen LogP contribution in [0, 0.1) is 0 Å². The molecule has 1 fully saturated rings. The molecule has 0 saturated heterocycles. The van der Waals surface area contributed by atoms with E-state index in [2.05, 4.69) is 69.4 Å². The highest BCUT2D eigenvalue weighted by atomic mass is 127. The monoisotopic (exact) mass is 427 g/mol. The van der Waals surface area contributed by atoms with E-state index in [1.54, 1.807) is 11.3 Å². The number of hydrogen-bond acceptors (Lipinski definition) is 2. The van der Waals surface area contributed by atoms with E-state index in [0.717, 1.165) is 12.5 Å². The molecule has 1 aromatic heterocycles. The summed E-state index contributed by atoms with van der Waals surface area (Å²) in [6.07, 6.45) is 1.19. The van der Waals surface area contributed by atoms with E-state index in [9.17, 15) is 0 Å². The van der Waals surface area contributed by atoms with Crippen molar-refractivity contribution in [2.45, 2.75) is 24.9 Å². The highest BCUT2D eigenvalue weighted by Crippen LogP contribution is 2.40. The van der Waals surface area contributed by atoms with Gasteiger partial charge in [0.1, 0.15) is 0 Å². The van der Waals surface area contributed by atoms with Crippen LogP contribution in [0.5, 0.6) is 0 Å². The largest absolute Gasteiger partial charge is 0.353 e. The molecule has 2 aromatic rings. The molecule has 0 bridgehead atoms. The third kappa shape index (κ3) is 4.23. The standard InChI is InChI=1S/C17H21N3S.HI/c1-18-17(20(2)11-13-8-9-21-12-13)19-16-10-15(16)14-6-4-3-5-7-14;/h3-9,12,15-16H,10-11H2,1-2H3,(H,18,19);1H. The molecular formula is C17H22IN3S. The van der Waals surface area contributed by atoms with Gasteiger partial charge in [-0.3, -0.25) is 4.99 Å². The Morgan fingerprint density at radius 2 is 2.09 bits per heavy atom. The fraction of sp³-hybridized carbons (Fsp3) is 0.353. The number of thiophene rings is 1. The third-order valence-electron chi connectivity index (χ3n) is 3.91. The molecule has 1 saturated carbocycles. The average Bonchev–Trinajstić information content (AvgIpc) is 3.11. The van der Waals surface area contributed by atoms with Crippen LogP contribution in [0.4, 0.5) is 0 Å². The minimum absolute atomic E-state index is 0. The summed E-state index contributed by atoms with van der Waals surface area (Å²) in [5, 5.41) is 7.89. The molecule has 1 heterocycles. The van der Waals surface area contributed by atoms with Gasteiger partial charge in [0.15, 0.2) is 5.96 Å². The van der Waals surface area contributed by atoms with Gasteiger partial charge in [-0.05, 0) is 34.4 Å². The normalized spacial score (nSPS) is 20.2. The summed E-state index contributed by atoms with van der Waals surface area (Å²) in [5.74, 6) is 1.60. The van der Waals surface area contributed by atoms with E-state index < -0.39 is 0 Å². The first-order valence-corrected chi connectivity index (χ1v) is 8.22. The maximum atomic E-state index is 4.41. The molecule has 1 aliphatic carbocycles. The predicted molar refractivity (Wildman–Crippen MR) is 105 cm³/mol. The van der Waals surface area contributed by atoms with Crippen LogP contribution in [0.15, 0.2) is 52.2 Å². The Morgan fingerprint density at radius 3 is 2.73 bits per heavy atom. The number of benzene rings is 1. The average molecular weight is 427 g/mol. The first kappa shape index (κ1) is 17.3. The van der Waals surface area contributed by atoms with Crippen LogP contribution >= 0.6 is 35.3 Å². The highest BCUT2D eigenvalue weighted by Gasteiger charge is 2.39. The molecule has 5 heteroatoms. The lowest BCUT2D eigenvalue weighted by atomic mass is 10.1. The van der Waals surface area contributed by atoms with Crippen LogP contribution in [0.2, 0.25) is 0 Å². The number of halogens is 1. The molecule has 22 heavy (non-hydrogen) atoms. The van der Waals surface area contributed by atoms with Gasteiger partial charge in [0.25, 0.3) is 0 Å². The van der Waals surface area contributed by atoms with Gasteiger partial charge in [0.05, 0.1) is 0 Å². The SMILES string of the molecule is CN=C(NC1CC1c1ccccc1)N(C)Cc1ccsc1.I. The van der Waals surface area contributed by atoms with Crippen molar-refractivity contribution in [1.82, 2.24) is 10.2 Å². The fourth-order valence-corrected chi connectivity index (χ4v) is 3.33. The van der Waals surface area contributed by atoms with Crippen molar-refractivity contribution >= 4 is 41.3 Å². The summed E-state index contributed by atoms with van der Waals surface area (Å²) in [7, 11) is 3.94. The van der Waals surface area contributed by atoms with E-state index in [0.29, 0.717) is 12.0 Å². The maximum Gasteiger partial charge on any atom is 0.193 e. The van der Waals surface area contributed by atoms with E-state index in [4.69, 9.17) is 0 Å². The molecule has 1 aromatic carbocycles. The van der Waals surface area contributed by atoms with E-state index in [1.165, 1.54) is 17.5 Å². The minimum atomic E-state index is 0. The first-order valence-electron chi connectivity index (χ1n) is 7.28. The van der Waals surface area contributed by atoms with Crippen molar-refractivity contribution < 1.29 is 0 Å². The zero-order valence-corrected chi connectivity index (χ0v) is 16.0. The maximum absolute atomic E-state index is 4.41. The van der Waals surface area contributed by atoms with Gasteiger partial charge in [-0.1, -0.05) is 30.3 Å². The Bertz CT molecular complexity index is 598. The molecule has 2 atom stereocenters. The Hall–Kier alpha value is -1.08. The molecule has 1 N–H and O–H groups in total. The van der Waals surface area contributed by atoms with Crippen molar-refractivity contribution in [1.29, 1.82) is 0 Å². The molecular weight excluding hydrogens is 405 g/mol. The van der Waals surface area contributed by atoms with Gasteiger partial charge in [-0.25, -0.2) is 0 Å². The molecule has 2 unspecified atom stereocenters. The molecule has 1 aliphatic rings. The van der Waals surface area contributed by atoms with E-state index in [-0.39, 0.29) is 24.0 Å². The van der Waals surface area contributed by atoms with Crippen molar-refractivity contribution in [3.8, 4) is 0 Å². The Labute approximate surface area is 153 Å². The van der Waals surface area contributed by atoms with Crippen LogP contribution in [0.25, 0.3) is 0 Å². The second kappa shape index (κ2) is 7.97. The number of nitrogens with one attached hydrogen (secondary N) is 1. The molecule has 0 aliphatic heterocycles. The van der Waals surface area contributed by atoms with Gasteiger partial charge < -0.3 is 10.2 Å². The van der Waals surface area contributed by atoms with Crippen LogP contribution in [0.1, 0.15) is 23.5 Å². The van der Waals surface area contributed by atoms with Crippen molar-refractivity contribution in [2.75, 3.05) is 14.1 Å². The smallest absolute Gasteiger partial charge is 0.193 e. The predicted octanol–water partition coefficient (Wildman–Crippen LogP) is 3.93. The molecule has 0 spiro atoms. The van der Waals surface area contributed by atoms with Crippen LogP contribution in [-0.2, 0) is 6.54 Å². The highest BCUT2D eigenvalue weighted by molar-refractivity contribution is 14.0. The van der Waals surface area contributed by atoms with Gasteiger partial charge in [0, 0.05) is 32.6 Å². The van der Waals surface area contributed by atoms with Gasteiger partial charge in [-0.15, -0.1) is 24.0 Å². The second-order valence-corrected chi connectivity index (χ2v) is 6.32. The Balaban J connectivity index is 0.00000176. The lowest BCUT2D eigenvalue weighted by Gasteiger charge is -2.21. The second-order valence-electron chi connectivity index (χ2n) is 5.54. The van der Waals surface area contributed by atoms with Crippen molar-refractivity contribution in [2.24, 2.45) is 4.99 Å². The molecule has 0 radical (unpaired) electrons. The van der Waals surface area contributed by atoms with Gasteiger partial charge >= 0.3 is 0 Å². The summed E-state index contributed by atoms with van der Waals surface area (Å²) in [4.78, 5) is 6.59. The zero-order valence-electron chi connectivity index (χ0n) is 12.9. The van der Waals surface area contributed by atoms with Crippen LogP contribution < -0.4 is 5.32 Å². The fourth-order valence-electron chi connectivity index (χ4n) is 2.67. The number of rotatable bonds is 4. The molecule has 118 valence electrons. The zero-order chi connectivity index (χ0) is 14.7. The minimum Gasteiger partial charge on any atom is -0.353 e. The summed E-state index contributed by atoms with van der Waals surface area (Å²) in [6.45, 7) is 0.895. The van der Waals surface area contributed by atoms with Crippen molar-refractivity contribution in [3.05, 3.63) is 58.3 Å². The summed E-state index contributed by atoms with van der Waals surface area (Å²) >= 11 is 1.74. The van der Waals surface area contributed by atoms with Crippen LogP contribution in [-0.4, -0.2) is 31.0 Å². The number of guanidine groups is 1. The van der Waals surface area contributed by atoms with E-state index >= 15 is 0 Å². The number of hydrogen-bond donors (Lipinski definition) is 1. The summed E-state index contributed by atoms with van der Waals surface area (Å²) in [6, 6.07) is 13.4. The lowest BCUT2D eigenvalue weighted by molar-refractivity contribution is 0.476. The first-order chi connectivity index (χ1) is 10.3. The van der Waals surface area contributed by atoms with Crippen LogP contribution in [0.3, 0.4) is 0 Å². The quantitative estimate of drug-likeness (QED) is 0.455. The number of nitrogens with zero attached hydrogens (tertiary/aromatic N) is 2. The van der Waals surface area contributed by atoms with Gasteiger partial charge in [0.2, 0.25) is 0 Å². The van der Waals surface area contributed by atoms with Crippen molar-refractivity contribution in [3.63, 3.8) is 0 Å². The topological polar surface area (TPSA) is 27.6 Å². The summed E-state index contributed by atoms with van der Waals surface area (Å²) < 4.78 is 0. The summed E-state index contributed by atoms with van der Waals surface area (Å²) in [5.41, 5.74) is 2.76. The molecule has 3 rings (SSSR count). The molecule has 0 amide bonds. The lowest BCUT2D eigenvalue weighted by Crippen LogP contribution is -2.39. The molecule has 3 nitrogen and oxygen atoms in total. The van der Waals surface area contributed by atoms with Gasteiger partial charge in [-0.2, -0.15) is 11.3 Å². The Morgan fingerprint density at radius 1 is 1.32 bits per heavy atom. The third-order valence-corrected chi connectivity index (χ3v) is 4.64. The Kier molecular flexibility index (Phi) is 6.26. The number of aliphatic imine (C=N–C) groups is 1. The van der Waals surface area contributed by atoms with E-state index in [1.807, 2.05) is 7.05 Å².